The van der Waals surface area contributed by atoms with E-state index in [2.05, 4.69) is 19.1 Å². The molecule has 0 aromatic heterocycles. The average molecular weight is 523 g/mol. The van der Waals surface area contributed by atoms with Crippen LogP contribution in [0.15, 0.2) is 12.2 Å². The molecule has 208 valence electrons. The van der Waals surface area contributed by atoms with E-state index in [1.54, 1.807) is 0 Å². The van der Waals surface area contributed by atoms with Crippen molar-refractivity contribution >= 4 is 13.8 Å². The lowest BCUT2D eigenvalue weighted by atomic mass is 10.1. The quantitative estimate of drug-likeness (QED) is 0.0546. The second-order valence-corrected chi connectivity index (χ2v) is 11.6. The Labute approximate surface area is 214 Å². The first-order valence-corrected chi connectivity index (χ1v) is 15.0. The maximum Gasteiger partial charge on any atom is 0.472 e. The number of quaternary nitrogens is 1. The second-order valence-electron chi connectivity index (χ2n) is 10.2. The number of unbranched alkanes of at least 4 members (excludes halogenated alkanes) is 11. The fraction of sp³-hybridized carbons (Fsp3) is 0.885. The van der Waals surface area contributed by atoms with Crippen LogP contribution in [0.5, 0.6) is 0 Å². The Hall–Kier alpha value is -0.760. The fourth-order valence-electron chi connectivity index (χ4n) is 3.36. The number of phosphoric acid groups is 1. The van der Waals surface area contributed by atoms with Crippen LogP contribution in [0.3, 0.4) is 0 Å². The van der Waals surface area contributed by atoms with Crippen LogP contribution in [-0.2, 0) is 23.1 Å². The Balaban J connectivity index is 3.73. The molecule has 0 spiro atoms. The van der Waals surface area contributed by atoms with Gasteiger partial charge in [-0.2, -0.15) is 0 Å². The maximum absolute atomic E-state index is 12.0. The van der Waals surface area contributed by atoms with E-state index in [0.717, 1.165) is 32.1 Å². The van der Waals surface area contributed by atoms with E-state index in [4.69, 9.17) is 13.8 Å². The van der Waals surface area contributed by atoms with Crippen molar-refractivity contribution in [3.05, 3.63) is 12.2 Å². The summed E-state index contributed by atoms with van der Waals surface area (Å²) in [5, 5.41) is 9.36. The number of carbonyl (C=O) groups excluding carboxylic acids is 1. The molecule has 0 aliphatic rings. The molecule has 0 aliphatic carbocycles. The van der Waals surface area contributed by atoms with Gasteiger partial charge in [0.15, 0.2) is 0 Å². The van der Waals surface area contributed by atoms with Crippen LogP contribution in [0.25, 0.3) is 0 Å². The van der Waals surface area contributed by atoms with Crippen LogP contribution < -0.4 is 0 Å². The van der Waals surface area contributed by atoms with E-state index in [-0.39, 0.29) is 19.6 Å². The number of rotatable bonds is 24. The molecule has 0 bridgehead atoms. The van der Waals surface area contributed by atoms with Crippen molar-refractivity contribution in [3.63, 3.8) is 0 Å². The number of aliphatic hydroxyl groups is 1. The molecule has 2 atom stereocenters. The van der Waals surface area contributed by atoms with Crippen molar-refractivity contribution in [3.8, 4) is 0 Å². The number of hydrogen-bond donors (Lipinski definition) is 2. The molecule has 0 aliphatic heterocycles. The summed E-state index contributed by atoms with van der Waals surface area (Å²) in [5.74, 6) is -0.400. The van der Waals surface area contributed by atoms with Crippen LogP contribution in [0.4, 0.5) is 0 Å². The molecule has 0 fully saturated rings. The highest BCUT2D eigenvalue weighted by Crippen LogP contribution is 2.44. The third-order valence-electron chi connectivity index (χ3n) is 5.58. The minimum atomic E-state index is -4.33. The van der Waals surface area contributed by atoms with Crippen LogP contribution in [-0.4, -0.2) is 74.1 Å². The van der Waals surface area contributed by atoms with Gasteiger partial charge < -0.3 is 19.2 Å². The first-order valence-electron chi connectivity index (χ1n) is 13.5. The maximum atomic E-state index is 12.0. The predicted molar refractivity (Wildman–Crippen MR) is 141 cm³/mol. The van der Waals surface area contributed by atoms with Gasteiger partial charge >= 0.3 is 13.8 Å². The van der Waals surface area contributed by atoms with Gasteiger partial charge in [-0.25, -0.2) is 4.57 Å². The van der Waals surface area contributed by atoms with Crippen LogP contribution in [0.1, 0.15) is 96.8 Å². The molecule has 2 N–H and O–H groups in total. The standard InChI is InChI=1S/C26H52NO7P/c1-5-6-7-8-9-10-11-12-13-14-15-16-17-18-19-20-26(29)32-24-25(23-28)34-35(30,31)33-22-21-27(2,3)4/h12-13,25,28H,5-11,14-24H2,1-4H3/p+1/b13-12-/t25-/m0/s1. The van der Waals surface area contributed by atoms with Gasteiger partial charge in [-0.15, -0.1) is 0 Å². The normalized spacial score (nSPS) is 14.8. The summed E-state index contributed by atoms with van der Waals surface area (Å²) in [7, 11) is 1.46. The number of likely N-dealkylation sites (N-methyl/N-ethyl adjacent to an activating group) is 1. The molecule has 1 unspecified atom stereocenters. The van der Waals surface area contributed by atoms with Crippen LogP contribution in [0.2, 0.25) is 0 Å². The van der Waals surface area contributed by atoms with Gasteiger partial charge in [0.05, 0.1) is 27.7 Å². The highest BCUT2D eigenvalue weighted by Gasteiger charge is 2.28. The molecule has 0 radical (unpaired) electrons. The van der Waals surface area contributed by atoms with Gasteiger partial charge in [-0.3, -0.25) is 13.8 Å². The molecule has 8 nitrogen and oxygen atoms in total. The number of esters is 1. The number of carbonyl (C=O) groups is 1. The molecule has 0 rings (SSSR count). The third-order valence-corrected chi connectivity index (χ3v) is 6.65. The first kappa shape index (κ1) is 34.2. The van der Waals surface area contributed by atoms with Gasteiger partial charge in [0.25, 0.3) is 0 Å². The Kier molecular flexibility index (Phi) is 20.9. The lowest BCUT2D eigenvalue weighted by Crippen LogP contribution is -2.37. The van der Waals surface area contributed by atoms with E-state index in [0.29, 0.717) is 11.0 Å². The average Bonchev–Trinajstić information content (AvgIpc) is 2.78. The summed E-state index contributed by atoms with van der Waals surface area (Å²) in [4.78, 5) is 21.7. The number of ether oxygens (including phenoxy) is 1. The monoisotopic (exact) mass is 522 g/mol. The Morgan fingerprint density at radius 1 is 0.914 bits per heavy atom. The van der Waals surface area contributed by atoms with Crippen molar-refractivity contribution < 1.29 is 37.6 Å². The SMILES string of the molecule is CCCCCCCC/C=C\CCCCCCCC(=O)OC[C@H](CO)OP(=O)(O)OCC[N+](C)(C)C. The molecular weight excluding hydrogens is 469 g/mol. The summed E-state index contributed by atoms with van der Waals surface area (Å²) in [6, 6.07) is 0. The Morgan fingerprint density at radius 2 is 1.46 bits per heavy atom. The topological polar surface area (TPSA) is 102 Å². The summed E-state index contributed by atoms with van der Waals surface area (Å²) in [6.45, 7) is 1.95. The van der Waals surface area contributed by atoms with Gasteiger partial charge in [-0.1, -0.05) is 70.4 Å². The van der Waals surface area contributed by atoms with E-state index in [1.165, 1.54) is 51.4 Å². The second kappa shape index (κ2) is 21.3. The summed E-state index contributed by atoms with van der Waals surface area (Å²) >= 11 is 0. The molecule has 0 aromatic carbocycles. The van der Waals surface area contributed by atoms with E-state index in [9.17, 15) is 19.4 Å². The molecule has 0 saturated carbocycles. The molecule has 0 saturated heterocycles. The molecule has 0 heterocycles. The van der Waals surface area contributed by atoms with E-state index in [1.807, 2.05) is 21.1 Å². The Bertz CT molecular complexity index is 593. The largest absolute Gasteiger partial charge is 0.472 e. The highest BCUT2D eigenvalue weighted by atomic mass is 31.2. The number of aliphatic hydroxyl groups excluding tert-OH is 1. The summed E-state index contributed by atoms with van der Waals surface area (Å²) in [6.07, 6.45) is 19.2. The van der Waals surface area contributed by atoms with Crippen LogP contribution in [0, 0.1) is 0 Å². The van der Waals surface area contributed by atoms with Gasteiger partial charge in [0, 0.05) is 6.42 Å². The number of phosphoric ester groups is 1. The molecular formula is C26H53NO7P+. The summed E-state index contributed by atoms with van der Waals surface area (Å²) in [5.41, 5.74) is 0. The van der Waals surface area contributed by atoms with Crippen molar-refractivity contribution in [1.29, 1.82) is 0 Å². The van der Waals surface area contributed by atoms with Crippen molar-refractivity contribution in [2.75, 3.05) is 47.5 Å². The zero-order valence-electron chi connectivity index (χ0n) is 22.8. The Morgan fingerprint density at radius 3 is 2.00 bits per heavy atom. The molecule has 0 amide bonds. The van der Waals surface area contributed by atoms with Gasteiger partial charge in [0.2, 0.25) is 0 Å². The molecule has 35 heavy (non-hydrogen) atoms. The van der Waals surface area contributed by atoms with E-state index >= 15 is 0 Å². The minimum absolute atomic E-state index is 0.0324. The zero-order chi connectivity index (χ0) is 26.4. The fourth-order valence-corrected chi connectivity index (χ4v) is 4.24. The predicted octanol–water partition coefficient (Wildman–Crippen LogP) is 5.77. The smallest absolute Gasteiger partial charge is 0.463 e. The highest BCUT2D eigenvalue weighted by molar-refractivity contribution is 7.47. The number of allylic oxidation sites excluding steroid dienone is 2. The molecule has 0 aromatic rings. The first-order chi connectivity index (χ1) is 16.6. The van der Waals surface area contributed by atoms with E-state index < -0.39 is 26.5 Å². The lowest BCUT2D eigenvalue weighted by Gasteiger charge is -2.24. The zero-order valence-corrected chi connectivity index (χ0v) is 23.7. The van der Waals surface area contributed by atoms with Crippen molar-refractivity contribution in [2.24, 2.45) is 0 Å². The number of hydrogen-bond acceptors (Lipinski definition) is 6. The summed E-state index contributed by atoms with van der Waals surface area (Å²) < 4.78 is 27.5. The van der Waals surface area contributed by atoms with Crippen molar-refractivity contribution in [2.45, 2.75) is 103 Å². The van der Waals surface area contributed by atoms with Gasteiger partial charge in [0.1, 0.15) is 25.9 Å². The molecule has 9 heteroatoms. The van der Waals surface area contributed by atoms with Gasteiger partial charge in [-0.05, 0) is 32.1 Å². The lowest BCUT2D eigenvalue weighted by molar-refractivity contribution is -0.870. The van der Waals surface area contributed by atoms with Crippen LogP contribution >= 0.6 is 7.82 Å². The van der Waals surface area contributed by atoms with Crippen molar-refractivity contribution in [1.82, 2.24) is 0 Å². The third kappa shape index (κ3) is 24.7. The number of nitrogens with zero attached hydrogens (tertiary/aromatic N) is 1. The minimum Gasteiger partial charge on any atom is -0.463 e.